The molecule has 5 nitrogen and oxygen atoms in total. The Balaban J connectivity index is 2.21. The van der Waals surface area contributed by atoms with Crippen LogP contribution < -0.4 is 5.32 Å². The molecule has 2 aromatic rings. The molecule has 0 aliphatic heterocycles. The van der Waals surface area contributed by atoms with Crippen LogP contribution in [0.15, 0.2) is 24.7 Å². The van der Waals surface area contributed by atoms with E-state index in [9.17, 15) is 0 Å². The molecule has 96 valence electrons. The Morgan fingerprint density at radius 2 is 2.11 bits per heavy atom. The van der Waals surface area contributed by atoms with Gasteiger partial charge in [-0.25, -0.2) is 9.97 Å². The average molecular weight is 245 g/mol. The van der Waals surface area contributed by atoms with E-state index in [4.69, 9.17) is 0 Å². The zero-order chi connectivity index (χ0) is 13.0. The first-order valence-corrected chi connectivity index (χ1v) is 6.32. The van der Waals surface area contributed by atoms with Crippen LogP contribution in [0.25, 0.3) is 11.4 Å². The molecule has 0 fully saturated rings. The van der Waals surface area contributed by atoms with Crippen LogP contribution in [-0.4, -0.2) is 26.3 Å². The molecule has 2 rings (SSSR count). The van der Waals surface area contributed by atoms with E-state index in [0.717, 1.165) is 30.2 Å². The Bertz CT molecular complexity index is 486. The number of rotatable bonds is 5. The van der Waals surface area contributed by atoms with Crippen molar-refractivity contribution < 1.29 is 0 Å². The molecule has 0 aliphatic carbocycles. The molecule has 0 saturated heterocycles. The maximum atomic E-state index is 4.43. The van der Waals surface area contributed by atoms with E-state index in [1.54, 1.807) is 18.6 Å². The van der Waals surface area contributed by atoms with Gasteiger partial charge < -0.3 is 5.32 Å². The van der Waals surface area contributed by atoms with E-state index in [1.165, 1.54) is 0 Å². The molecule has 0 amide bonds. The highest BCUT2D eigenvalue weighted by molar-refractivity contribution is 5.54. The molecule has 0 bridgehead atoms. The van der Waals surface area contributed by atoms with Gasteiger partial charge in [0, 0.05) is 18.8 Å². The predicted molar refractivity (Wildman–Crippen MR) is 72.4 cm³/mol. The van der Waals surface area contributed by atoms with E-state index < -0.39 is 0 Å². The van der Waals surface area contributed by atoms with Gasteiger partial charge in [-0.2, -0.15) is 5.10 Å². The third-order valence-electron chi connectivity index (χ3n) is 2.63. The number of hydrogen-bond donors (Lipinski definition) is 1. The van der Waals surface area contributed by atoms with Crippen molar-refractivity contribution in [2.75, 3.05) is 11.9 Å². The molecule has 0 spiro atoms. The molecule has 0 saturated carbocycles. The van der Waals surface area contributed by atoms with Gasteiger partial charge in [0.1, 0.15) is 11.5 Å². The molecule has 0 aromatic carbocycles. The number of hydrogen-bond acceptors (Lipinski definition) is 4. The summed E-state index contributed by atoms with van der Waals surface area (Å²) in [4.78, 5) is 8.79. The van der Waals surface area contributed by atoms with E-state index >= 15 is 0 Å². The molecule has 0 atom stereocenters. The highest BCUT2D eigenvalue weighted by Gasteiger charge is 2.09. The van der Waals surface area contributed by atoms with E-state index in [-0.39, 0.29) is 0 Å². The van der Waals surface area contributed by atoms with Crippen LogP contribution in [0.1, 0.15) is 33.2 Å². The molecule has 0 radical (unpaired) electrons. The third kappa shape index (κ3) is 2.67. The summed E-state index contributed by atoms with van der Waals surface area (Å²) in [6.45, 7) is 7.23. The fourth-order valence-electron chi connectivity index (χ4n) is 1.73. The lowest BCUT2D eigenvalue weighted by Crippen LogP contribution is -2.06. The minimum absolute atomic E-state index is 0.315. The van der Waals surface area contributed by atoms with Crippen LogP contribution in [0.2, 0.25) is 0 Å². The van der Waals surface area contributed by atoms with Gasteiger partial charge in [-0.05, 0) is 26.3 Å². The second kappa shape index (κ2) is 5.62. The largest absolute Gasteiger partial charge is 0.369 e. The Morgan fingerprint density at radius 1 is 1.28 bits per heavy atom. The molecule has 2 aromatic heterocycles. The van der Waals surface area contributed by atoms with Gasteiger partial charge in [-0.1, -0.05) is 6.92 Å². The van der Waals surface area contributed by atoms with Crippen molar-refractivity contribution >= 4 is 5.82 Å². The van der Waals surface area contributed by atoms with Crippen LogP contribution in [0.5, 0.6) is 0 Å². The fourth-order valence-corrected chi connectivity index (χ4v) is 1.73. The van der Waals surface area contributed by atoms with Crippen molar-refractivity contribution in [1.82, 2.24) is 19.7 Å². The van der Waals surface area contributed by atoms with Crippen LogP contribution in [0, 0.1) is 0 Å². The first-order valence-electron chi connectivity index (χ1n) is 6.32. The summed E-state index contributed by atoms with van der Waals surface area (Å²) in [6, 6.07) is 2.28. The van der Waals surface area contributed by atoms with Crippen LogP contribution >= 0.6 is 0 Å². The Hall–Kier alpha value is -1.91. The van der Waals surface area contributed by atoms with Crippen molar-refractivity contribution in [1.29, 1.82) is 0 Å². The lowest BCUT2D eigenvalue weighted by molar-refractivity contribution is 0.537. The molecule has 0 unspecified atom stereocenters. The lowest BCUT2D eigenvalue weighted by Gasteiger charge is -2.10. The Kier molecular flexibility index (Phi) is 3.92. The topological polar surface area (TPSA) is 55.6 Å². The monoisotopic (exact) mass is 245 g/mol. The zero-order valence-electron chi connectivity index (χ0n) is 11.1. The Labute approximate surface area is 107 Å². The minimum Gasteiger partial charge on any atom is -0.369 e. The second-order valence-corrected chi connectivity index (χ2v) is 4.47. The van der Waals surface area contributed by atoms with Gasteiger partial charge in [0.15, 0.2) is 0 Å². The predicted octanol–water partition coefficient (Wildman–Crippen LogP) is 2.74. The second-order valence-electron chi connectivity index (χ2n) is 4.47. The number of nitrogens with one attached hydrogen (secondary N) is 1. The number of aromatic nitrogens is 4. The summed E-state index contributed by atoms with van der Waals surface area (Å²) in [6.07, 6.45) is 6.42. The molecule has 18 heavy (non-hydrogen) atoms. The van der Waals surface area contributed by atoms with Gasteiger partial charge >= 0.3 is 0 Å². The van der Waals surface area contributed by atoms with Crippen molar-refractivity contribution in [3.05, 3.63) is 24.7 Å². The van der Waals surface area contributed by atoms with Crippen molar-refractivity contribution in [3.8, 4) is 11.4 Å². The standard InChI is InChI=1S/C13H19N5/c1-4-6-14-13-9-15-11(8-16-13)12-5-7-17-18(12)10(2)3/h5,7-10H,4,6H2,1-3H3,(H,14,16). The van der Waals surface area contributed by atoms with E-state index in [2.05, 4.69) is 41.2 Å². The van der Waals surface area contributed by atoms with Crippen LogP contribution in [-0.2, 0) is 0 Å². The van der Waals surface area contributed by atoms with Gasteiger partial charge in [-0.3, -0.25) is 4.68 Å². The van der Waals surface area contributed by atoms with Crippen LogP contribution in [0.4, 0.5) is 5.82 Å². The van der Waals surface area contributed by atoms with Gasteiger partial charge in [0.25, 0.3) is 0 Å². The maximum absolute atomic E-state index is 4.43. The average Bonchev–Trinajstić information content (AvgIpc) is 2.86. The van der Waals surface area contributed by atoms with Gasteiger partial charge in [0.05, 0.1) is 18.1 Å². The maximum Gasteiger partial charge on any atom is 0.144 e. The van der Waals surface area contributed by atoms with Gasteiger partial charge in [-0.15, -0.1) is 0 Å². The van der Waals surface area contributed by atoms with Crippen molar-refractivity contribution in [2.24, 2.45) is 0 Å². The molecular weight excluding hydrogens is 226 g/mol. The molecule has 0 aliphatic rings. The van der Waals surface area contributed by atoms with E-state index in [0.29, 0.717) is 6.04 Å². The summed E-state index contributed by atoms with van der Waals surface area (Å²) >= 11 is 0. The van der Waals surface area contributed by atoms with Gasteiger partial charge in [0.2, 0.25) is 0 Å². The SMILES string of the molecule is CCCNc1cnc(-c2ccnn2C(C)C)cn1. The first kappa shape index (κ1) is 12.5. The highest BCUT2D eigenvalue weighted by atomic mass is 15.3. The third-order valence-corrected chi connectivity index (χ3v) is 2.63. The zero-order valence-corrected chi connectivity index (χ0v) is 11.1. The summed E-state index contributed by atoms with van der Waals surface area (Å²) in [5.41, 5.74) is 1.85. The van der Waals surface area contributed by atoms with Crippen molar-refractivity contribution in [2.45, 2.75) is 33.2 Å². The quantitative estimate of drug-likeness (QED) is 0.880. The Morgan fingerprint density at radius 3 is 2.72 bits per heavy atom. The smallest absolute Gasteiger partial charge is 0.144 e. The molecule has 2 heterocycles. The highest BCUT2D eigenvalue weighted by Crippen LogP contribution is 2.19. The molecular formula is C13H19N5. The summed E-state index contributed by atoms with van der Waals surface area (Å²) in [5.74, 6) is 0.816. The van der Waals surface area contributed by atoms with E-state index in [1.807, 2.05) is 10.7 Å². The molecule has 1 N–H and O–H groups in total. The first-order chi connectivity index (χ1) is 8.72. The summed E-state index contributed by atoms with van der Waals surface area (Å²) in [7, 11) is 0. The van der Waals surface area contributed by atoms with Crippen molar-refractivity contribution in [3.63, 3.8) is 0 Å². The fraction of sp³-hybridized carbons (Fsp3) is 0.462. The molecule has 5 heteroatoms. The lowest BCUT2D eigenvalue weighted by atomic mass is 10.3. The summed E-state index contributed by atoms with van der Waals surface area (Å²) in [5, 5.41) is 7.51. The van der Waals surface area contributed by atoms with Crippen LogP contribution in [0.3, 0.4) is 0 Å². The summed E-state index contributed by atoms with van der Waals surface area (Å²) < 4.78 is 1.95. The minimum atomic E-state index is 0.315. The number of anilines is 1. The number of nitrogens with zero attached hydrogens (tertiary/aromatic N) is 4. The normalized spacial score (nSPS) is 10.9.